The summed E-state index contributed by atoms with van der Waals surface area (Å²) in [5.41, 5.74) is 1.85. The van der Waals surface area contributed by atoms with Crippen LogP contribution in [0, 0.1) is 6.92 Å². The highest BCUT2D eigenvalue weighted by atomic mass is 16.5. The van der Waals surface area contributed by atoms with Crippen molar-refractivity contribution >= 4 is 16.4 Å². The highest BCUT2D eigenvalue weighted by Gasteiger charge is 2.18. The monoisotopic (exact) mass is 392 g/mol. The lowest BCUT2D eigenvalue weighted by Gasteiger charge is -2.10. The highest BCUT2D eigenvalue weighted by Crippen LogP contribution is 2.29. The molecule has 29 heavy (non-hydrogen) atoms. The zero-order valence-corrected chi connectivity index (χ0v) is 15.4. The largest absolute Gasteiger partial charge is 0.470 e. The Balaban J connectivity index is 1.60. The number of aliphatic hydroxyl groups excluding tert-OH is 1. The molecular formula is C18H16N8O3. The predicted molar refractivity (Wildman–Crippen MR) is 100.0 cm³/mol. The molecule has 4 heterocycles. The number of hydrogen-bond acceptors (Lipinski definition) is 9. The molecule has 0 saturated carbocycles. The number of fused-ring (bicyclic) bond motifs is 3. The van der Waals surface area contributed by atoms with E-state index in [1.807, 2.05) is 24.3 Å². The molecule has 4 aromatic heterocycles. The first-order valence-electron chi connectivity index (χ1n) is 8.93. The fourth-order valence-corrected chi connectivity index (χ4v) is 3.11. The van der Waals surface area contributed by atoms with Crippen LogP contribution in [-0.4, -0.2) is 51.7 Å². The number of aromatic nitrogens is 8. The van der Waals surface area contributed by atoms with Crippen molar-refractivity contribution in [1.29, 1.82) is 0 Å². The van der Waals surface area contributed by atoms with Crippen LogP contribution >= 0.6 is 0 Å². The second kappa shape index (κ2) is 6.95. The molecule has 11 nitrogen and oxygen atoms in total. The summed E-state index contributed by atoms with van der Waals surface area (Å²) in [4.78, 5) is 0. The van der Waals surface area contributed by atoms with Crippen LogP contribution in [0.2, 0.25) is 0 Å². The second-order valence-corrected chi connectivity index (χ2v) is 6.39. The molecule has 0 amide bonds. The van der Waals surface area contributed by atoms with Gasteiger partial charge in [-0.3, -0.25) is 0 Å². The van der Waals surface area contributed by atoms with Crippen LogP contribution in [0.5, 0.6) is 5.88 Å². The van der Waals surface area contributed by atoms with E-state index in [1.54, 1.807) is 28.4 Å². The summed E-state index contributed by atoms with van der Waals surface area (Å²) in [5, 5.41) is 35.8. The Labute approximate surface area is 163 Å². The SMILES string of the molecule is Cc1cc(-c2nnc3c4ccccc4c(OCc4cnnn4CCO)nn23)no1. The fourth-order valence-electron chi connectivity index (χ4n) is 3.11. The quantitative estimate of drug-likeness (QED) is 0.456. The van der Waals surface area contributed by atoms with Crippen LogP contribution in [0.3, 0.4) is 0 Å². The maximum atomic E-state index is 9.15. The van der Waals surface area contributed by atoms with Gasteiger partial charge < -0.3 is 14.4 Å². The van der Waals surface area contributed by atoms with E-state index in [4.69, 9.17) is 14.4 Å². The lowest BCUT2D eigenvalue weighted by Crippen LogP contribution is -2.11. The van der Waals surface area contributed by atoms with E-state index in [0.717, 1.165) is 16.5 Å². The smallest absolute Gasteiger partial charge is 0.240 e. The average molecular weight is 392 g/mol. The molecule has 1 aromatic carbocycles. The van der Waals surface area contributed by atoms with E-state index in [1.165, 1.54) is 0 Å². The molecule has 0 spiro atoms. The maximum absolute atomic E-state index is 9.15. The highest BCUT2D eigenvalue weighted by molar-refractivity contribution is 5.96. The molecule has 0 aliphatic rings. The minimum Gasteiger partial charge on any atom is -0.470 e. The van der Waals surface area contributed by atoms with Crippen LogP contribution in [0.25, 0.3) is 27.9 Å². The molecule has 5 rings (SSSR count). The summed E-state index contributed by atoms with van der Waals surface area (Å²) in [7, 11) is 0. The van der Waals surface area contributed by atoms with Crippen LogP contribution in [0.15, 0.2) is 41.1 Å². The van der Waals surface area contributed by atoms with Crippen molar-refractivity contribution in [2.45, 2.75) is 20.1 Å². The minimum absolute atomic E-state index is 0.0370. The number of nitrogens with zero attached hydrogens (tertiary/aromatic N) is 8. The van der Waals surface area contributed by atoms with E-state index in [0.29, 0.717) is 35.4 Å². The predicted octanol–water partition coefficient (Wildman–Crippen LogP) is 1.40. The third kappa shape index (κ3) is 2.97. The van der Waals surface area contributed by atoms with Gasteiger partial charge in [-0.1, -0.05) is 28.6 Å². The molecular weight excluding hydrogens is 376 g/mol. The summed E-state index contributed by atoms with van der Waals surface area (Å²) in [6, 6.07) is 9.44. The van der Waals surface area contributed by atoms with Gasteiger partial charge in [0.05, 0.1) is 25.0 Å². The second-order valence-electron chi connectivity index (χ2n) is 6.39. The van der Waals surface area contributed by atoms with Gasteiger partial charge in [0.25, 0.3) is 0 Å². The summed E-state index contributed by atoms with van der Waals surface area (Å²) in [5.74, 6) is 1.53. The third-order valence-corrected chi connectivity index (χ3v) is 4.45. The molecule has 0 aliphatic carbocycles. The van der Waals surface area contributed by atoms with Crippen LogP contribution in [0.1, 0.15) is 11.5 Å². The molecule has 0 unspecified atom stereocenters. The first kappa shape index (κ1) is 17.3. The number of rotatable bonds is 6. The molecule has 0 atom stereocenters. The van der Waals surface area contributed by atoms with Crippen LogP contribution in [0.4, 0.5) is 0 Å². The van der Waals surface area contributed by atoms with Crippen molar-refractivity contribution in [2.75, 3.05) is 6.61 Å². The van der Waals surface area contributed by atoms with Gasteiger partial charge in [0, 0.05) is 16.8 Å². The van der Waals surface area contributed by atoms with Gasteiger partial charge in [-0.2, -0.15) is 4.52 Å². The van der Waals surface area contributed by atoms with Crippen LogP contribution < -0.4 is 4.74 Å². The van der Waals surface area contributed by atoms with Gasteiger partial charge in [-0.25, -0.2) is 4.68 Å². The first-order chi connectivity index (χ1) is 14.2. The summed E-state index contributed by atoms with van der Waals surface area (Å²) < 4.78 is 14.4. The van der Waals surface area contributed by atoms with Gasteiger partial charge >= 0.3 is 0 Å². The number of aryl methyl sites for hydroxylation is 1. The average Bonchev–Trinajstić information content (AvgIpc) is 3.46. The Hall–Kier alpha value is -3.86. The van der Waals surface area contributed by atoms with E-state index < -0.39 is 0 Å². The Morgan fingerprint density at radius 3 is 2.83 bits per heavy atom. The number of benzene rings is 1. The molecule has 1 N–H and O–H groups in total. The maximum Gasteiger partial charge on any atom is 0.240 e. The Kier molecular flexibility index (Phi) is 4.13. The van der Waals surface area contributed by atoms with Crippen molar-refractivity contribution in [2.24, 2.45) is 0 Å². The molecule has 0 aliphatic heterocycles. The number of ether oxygens (including phenoxy) is 1. The molecule has 0 radical (unpaired) electrons. The molecule has 146 valence electrons. The van der Waals surface area contributed by atoms with E-state index in [9.17, 15) is 0 Å². The zero-order valence-electron chi connectivity index (χ0n) is 15.4. The van der Waals surface area contributed by atoms with E-state index >= 15 is 0 Å². The van der Waals surface area contributed by atoms with E-state index in [2.05, 4.69) is 30.8 Å². The normalized spacial score (nSPS) is 11.5. The third-order valence-electron chi connectivity index (χ3n) is 4.45. The molecule has 0 bridgehead atoms. The van der Waals surface area contributed by atoms with Gasteiger partial charge in [0.2, 0.25) is 11.7 Å². The topological polar surface area (TPSA) is 129 Å². The van der Waals surface area contributed by atoms with Crippen molar-refractivity contribution in [1.82, 2.24) is 40.0 Å². The van der Waals surface area contributed by atoms with Crippen molar-refractivity contribution < 1.29 is 14.4 Å². The van der Waals surface area contributed by atoms with Crippen LogP contribution in [-0.2, 0) is 13.2 Å². The molecule has 0 saturated heterocycles. The summed E-state index contributed by atoms with van der Waals surface area (Å²) in [6.07, 6.45) is 1.60. The van der Waals surface area contributed by atoms with Gasteiger partial charge in [0.15, 0.2) is 11.3 Å². The standard InChI is InChI=1S/C18H16N8O3/c1-11-8-15(23-29-11)17-21-20-16-13-4-2-3-5-14(13)18(22-26(16)17)28-10-12-9-19-24-25(12)6-7-27/h2-5,8-9,27H,6-7,10H2,1H3. The first-order valence-corrected chi connectivity index (χ1v) is 8.93. The number of aliphatic hydroxyl groups is 1. The number of hydrogen-bond donors (Lipinski definition) is 1. The lowest BCUT2D eigenvalue weighted by atomic mass is 10.2. The molecule has 11 heteroatoms. The van der Waals surface area contributed by atoms with Gasteiger partial charge in [-0.15, -0.1) is 20.4 Å². The Morgan fingerprint density at radius 1 is 1.17 bits per heavy atom. The van der Waals surface area contributed by atoms with E-state index in [-0.39, 0.29) is 13.2 Å². The van der Waals surface area contributed by atoms with Crippen molar-refractivity contribution in [3.05, 3.63) is 48.0 Å². The Bertz CT molecular complexity index is 1310. The van der Waals surface area contributed by atoms with Crippen molar-refractivity contribution in [3.8, 4) is 17.4 Å². The molecule has 5 aromatic rings. The fraction of sp³-hybridized carbons (Fsp3) is 0.222. The minimum atomic E-state index is -0.0370. The Morgan fingerprint density at radius 2 is 2.03 bits per heavy atom. The van der Waals surface area contributed by atoms with Gasteiger partial charge in [0.1, 0.15) is 12.4 Å². The van der Waals surface area contributed by atoms with Crippen molar-refractivity contribution in [3.63, 3.8) is 0 Å². The molecule has 0 fully saturated rings. The zero-order chi connectivity index (χ0) is 19.8. The summed E-state index contributed by atoms with van der Waals surface area (Å²) in [6.45, 7) is 2.30. The summed E-state index contributed by atoms with van der Waals surface area (Å²) >= 11 is 0. The van der Waals surface area contributed by atoms with Gasteiger partial charge in [-0.05, 0) is 13.0 Å². The lowest BCUT2D eigenvalue weighted by molar-refractivity contribution is 0.249.